The van der Waals surface area contributed by atoms with E-state index < -0.39 is 11.9 Å². The van der Waals surface area contributed by atoms with E-state index >= 15 is 0 Å². The molecule has 0 saturated carbocycles. The van der Waals surface area contributed by atoms with E-state index in [1.54, 1.807) is 42.5 Å². The van der Waals surface area contributed by atoms with Gasteiger partial charge in [-0.3, -0.25) is 9.59 Å². The standard InChI is InChI=1S/C31H22ClN3O4/c32-27-15-6-5-13-25(27)31(38)39-28-17-16-21-9-2-4-12-23(21)26(28)18-34-35-29(36)19-33-30(37)24-14-7-10-20-8-1-3-11-22(20)24/h1-18H,19H2,(H,33,37)(H,35,36). The maximum atomic E-state index is 12.8. The highest BCUT2D eigenvalue weighted by Crippen LogP contribution is 2.28. The average molecular weight is 536 g/mol. The van der Waals surface area contributed by atoms with Gasteiger partial charge in [0.1, 0.15) is 5.75 Å². The van der Waals surface area contributed by atoms with Gasteiger partial charge >= 0.3 is 5.97 Å². The lowest BCUT2D eigenvalue weighted by atomic mass is 10.0. The maximum Gasteiger partial charge on any atom is 0.345 e. The molecule has 39 heavy (non-hydrogen) atoms. The Hall–Kier alpha value is -5.01. The van der Waals surface area contributed by atoms with Gasteiger partial charge in [-0.05, 0) is 45.8 Å². The molecule has 5 rings (SSSR count). The lowest BCUT2D eigenvalue weighted by Crippen LogP contribution is -2.35. The molecule has 5 aromatic carbocycles. The summed E-state index contributed by atoms with van der Waals surface area (Å²) in [6.45, 7) is -0.275. The van der Waals surface area contributed by atoms with Crippen molar-refractivity contribution in [1.82, 2.24) is 10.7 Å². The molecule has 2 N–H and O–H groups in total. The number of fused-ring (bicyclic) bond motifs is 2. The van der Waals surface area contributed by atoms with Crippen LogP contribution >= 0.6 is 11.6 Å². The van der Waals surface area contributed by atoms with Crippen LogP contribution in [0.2, 0.25) is 5.02 Å². The molecule has 0 aliphatic heterocycles. The predicted octanol–water partition coefficient (Wildman–Crippen LogP) is 5.75. The van der Waals surface area contributed by atoms with Crippen LogP contribution in [0.25, 0.3) is 21.5 Å². The van der Waals surface area contributed by atoms with Gasteiger partial charge in [0, 0.05) is 11.1 Å². The van der Waals surface area contributed by atoms with Crippen molar-refractivity contribution < 1.29 is 19.1 Å². The fraction of sp³-hybridized carbons (Fsp3) is 0.0323. The average Bonchev–Trinajstić information content (AvgIpc) is 2.96. The van der Waals surface area contributed by atoms with Crippen molar-refractivity contribution in [2.24, 2.45) is 5.10 Å². The maximum absolute atomic E-state index is 12.8. The number of ether oxygens (including phenoxy) is 1. The van der Waals surface area contributed by atoms with E-state index in [9.17, 15) is 14.4 Å². The van der Waals surface area contributed by atoms with Crippen LogP contribution in [0.5, 0.6) is 5.75 Å². The third kappa shape index (κ3) is 5.79. The summed E-state index contributed by atoms with van der Waals surface area (Å²) in [6.07, 6.45) is 1.40. The molecule has 7 nitrogen and oxygen atoms in total. The molecule has 0 heterocycles. The molecule has 0 aromatic heterocycles. The normalized spacial score (nSPS) is 11.0. The number of carbonyl (C=O) groups excluding carboxylic acids is 3. The summed E-state index contributed by atoms with van der Waals surface area (Å²) in [5.74, 6) is -1.25. The molecule has 0 aliphatic carbocycles. The Morgan fingerprint density at radius 3 is 2.18 bits per heavy atom. The smallest absolute Gasteiger partial charge is 0.345 e. The van der Waals surface area contributed by atoms with Gasteiger partial charge < -0.3 is 10.1 Å². The molecule has 0 unspecified atom stereocenters. The van der Waals surface area contributed by atoms with Crippen molar-refractivity contribution in [3.8, 4) is 5.75 Å². The summed E-state index contributed by atoms with van der Waals surface area (Å²) >= 11 is 6.15. The number of hydrazone groups is 1. The van der Waals surface area contributed by atoms with Crippen LogP contribution in [-0.4, -0.2) is 30.5 Å². The van der Waals surface area contributed by atoms with Crippen molar-refractivity contribution in [2.45, 2.75) is 0 Å². The first kappa shape index (κ1) is 25.6. The molecule has 8 heteroatoms. The number of halogens is 1. The molecule has 5 aromatic rings. The first-order chi connectivity index (χ1) is 19.0. The van der Waals surface area contributed by atoms with Crippen molar-refractivity contribution in [2.75, 3.05) is 6.54 Å². The Kier molecular flexibility index (Phi) is 7.61. The zero-order chi connectivity index (χ0) is 27.2. The van der Waals surface area contributed by atoms with Crippen molar-refractivity contribution in [3.05, 3.63) is 125 Å². The molecule has 2 amide bonds. The quantitative estimate of drug-likeness (QED) is 0.120. The highest BCUT2D eigenvalue weighted by Gasteiger charge is 2.16. The zero-order valence-electron chi connectivity index (χ0n) is 20.6. The predicted molar refractivity (Wildman–Crippen MR) is 152 cm³/mol. The van der Waals surface area contributed by atoms with Crippen LogP contribution in [0.1, 0.15) is 26.3 Å². The second-order valence-electron chi connectivity index (χ2n) is 8.57. The van der Waals surface area contributed by atoms with Gasteiger partial charge in [-0.25, -0.2) is 10.2 Å². The summed E-state index contributed by atoms with van der Waals surface area (Å²) < 4.78 is 5.66. The Bertz CT molecular complexity index is 1740. The van der Waals surface area contributed by atoms with Gasteiger partial charge in [0.25, 0.3) is 11.8 Å². The van der Waals surface area contributed by atoms with E-state index in [0.717, 1.165) is 21.5 Å². The van der Waals surface area contributed by atoms with Crippen LogP contribution < -0.4 is 15.5 Å². The fourth-order valence-corrected chi connectivity index (χ4v) is 4.38. The Labute approximate surface area is 229 Å². The van der Waals surface area contributed by atoms with Crippen LogP contribution in [0.15, 0.2) is 108 Å². The van der Waals surface area contributed by atoms with E-state index in [-0.39, 0.29) is 28.8 Å². The van der Waals surface area contributed by atoms with Gasteiger partial charge in [0.2, 0.25) is 0 Å². The SMILES string of the molecule is O=C(CNC(=O)c1cccc2ccccc12)NN=Cc1c(OC(=O)c2ccccc2Cl)ccc2ccccc12. The Morgan fingerprint density at radius 1 is 0.744 bits per heavy atom. The molecule has 0 fully saturated rings. The summed E-state index contributed by atoms with van der Waals surface area (Å²) in [5.41, 5.74) is 3.61. The number of carbonyl (C=O) groups is 3. The van der Waals surface area contributed by atoms with E-state index in [1.807, 2.05) is 60.7 Å². The topological polar surface area (TPSA) is 96.9 Å². The first-order valence-corrected chi connectivity index (χ1v) is 12.5. The highest BCUT2D eigenvalue weighted by molar-refractivity contribution is 6.33. The second kappa shape index (κ2) is 11.6. The minimum Gasteiger partial charge on any atom is -0.422 e. The van der Waals surface area contributed by atoms with Crippen LogP contribution in [0.4, 0.5) is 0 Å². The van der Waals surface area contributed by atoms with Gasteiger partial charge in [-0.1, -0.05) is 90.5 Å². The number of rotatable bonds is 7. The first-order valence-electron chi connectivity index (χ1n) is 12.1. The van der Waals surface area contributed by atoms with Gasteiger partial charge in [-0.15, -0.1) is 0 Å². The second-order valence-corrected chi connectivity index (χ2v) is 8.98. The molecule has 0 aliphatic rings. The van der Waals surface area contributed by atoms with Crippen LogP contribution in [0.3, 0.4) is 0 Å². The molecule has 0 saturated heterocycles. The lowest BCUT2D eigenvalue weighted by molar-refractivity contribution is -0.120. The van der Waals surface area contributed by atoms with Crippen molar-refractivity contribution >= 4 is 57.1 Å². The van der Waals surface area contributed by atoms with Crippen molar-refractivity contribution in [1.29, 1.82) is 0 Å². The van der Waals surface area contributed by atoms with Gasteiger partial charge in [0.05, 0.1) is 23.3 Å². The largest absolute Gasteiger partial charge is 0.422 e. The third-order valence-corrected chi connectivity index (χ3v) is 6.38. The number of hydrogen-bond donors (Lipinski definition) is 2. The number of esters is 1. The van der Waals surface area contributed by atoms with Crippen molar-refractivity contribution in [3.63, 3.8) is 0 Å². The summed E-state index contributed by atoms with van der Waals surface area (Å²) in [4.78, 5) is 37.9. The minimum absolute atomic E-state index is 0.227. The fourth-order valence-electron chi connectivity index (χ4n) is 4.17. The Balaban J connectivity index is 1.30. The molecule has 192 valence electrons. The highest BCUT2D eigenvalue weighted by atomic mass is 35.5. The van der Waals surface area contributed by atoms with E-state index in [0.29, 0.717) is 11.1 Å². The summed E-state index contributed by atoms with van der Waals surface area (Å²) in [5, 5.41) is 10.3. The molecule has 0 radical (unpaired) electrons. The molecular formula is C31H22ClN3O4. The molecule has 0 atom stereocenters. The zero-order valence-corrected chi connectivity index (χ0v) is 21.3. The number of amides is 2. The summed E-state index contributed by atoms with van der Waals surface area (Å²) in [6, 6.07) is 30.5. The van der Waals surface area contributed by atoms with E-state index in [1.165, 1.54) is 6.21 Å². The monoisotopic (exact) mass is 535 g/mol. The van der Waals surface area contributed by atoms with Gasteiger partial charge in [0.15, 0.2) is 0 Å². The molecule has 0 spiro atoms. The lowest BCUT2D eigenvalue weighted by Gasteiger charge is -2.11. The molecular weight excluding hydrogens is 514 g/mol. The third-order valence-electron chi connectivity index (χ3n) is 6.05. The minimum atomic E-state index is -0.620. The van der Waals surface area contributed by atoms with Crippen LogP contribution in [-0.2, 0) is 4.79 Å². The number of nitrogens with one attached hydrogen (secondary N) is 2. The van der Waals surface area contributed by atoms with E-state index in [2.05, 4.69) is 15.8 Å². The van der Waals surface area contributed by atoms with E-state index in [4.69, 9.17) is 16.3 Å². The number of nitrogens with zero attached hydrogens (tertiary/aromatic N) is 1. The van der Waals surface area contributed by atoms with Crippen LogP contribution in [0, 0.1) is 0 Å². The summed E-state index contributed by atoms with van der Waals surface area (Å²) in [7, 11) is 0. The number of benzene rings is 5. The van der Waals surface area contributed by atoms with Gasteiger partial charge in [-0.2, -0.15) is 5.10 Å². The number of hydrogen-bond acceptors (Lipinski definition) is 5. The molecule has 0 bridgehead atoms. The Morgan fingerprint density at radius 2 is 1.38 bits per heavy atom.